The Balaban J connectivity index is 1.92. The fourth-order valence-electron chi connectivity index (χ4n) is 3.66. The van der Waals surface area contributed by atoms with Crippen LogP contribution < -0.4 is 4.90 Å². The first-order valence-corrected chi connectivity index (χ1v) is 9.04. The summed E-state index contributed by atoms with van der Waals surface area (Å²) in [7, 11) is 0. The second kappa shape index (κ2) is 6.55. The summed E-state index contributed by atoms with van der Waals surface area (Å²) in [5.41, 5.74) is 2.67. The summed E-state index contributed by atoms with van der Waals surface area (Å²) in [6, 6.07) is 10.5. The van der Waals surface area contributed by atoms with Crippen LogP contribution in [0.15, 0.2) is 28.7 Å². The van der Waals surface area contributed by atoms with Crippen LogP contribution in [-0.4, -0.2) is 18.1 Å². The zero-order valence-electron chi connectivity index (χ0n) is 15.8. The Morgan fingerprint density at radius 2 is 1.72 bits per heavy atom. The van der Waals surface area contributed by atoms with Gasteiger partial charge < -0.3 is 9.32 Å². The van der Waals surface area contributed by atoms with E-state index in [-0.39, 0.29) is 5.41 Å². The molecule has 1 aromatic carbocycles. The molecule has 2 heterocycles. The fraction of sp³-hybridized carbons (Fsp3) is 0.524. The van der Waals surface area contributed by atoms with Crippen LogP contribution >= 0.6 is 0 Å². The van der Waals surface area contributed by atoms with E-state index >= 15 is 0 Å². The van der Waals surface area contributed by atoms with E-state index in [9.17, 15) is 5.26 Å². The van der Waals surface area contributed by atoms with Gasteiger partial charge in [-0.15, -0.1) is 0 Å². The van der Waals surface area contributed by atoms with Crippen molar-refractivity contribution >= 4 is 5.88 Å². The third-order valence-electron chi connectivity index (χ3n) is 4.87. The van der Waals surface area contributed by atoms with E-state index in [1.54, 1.807) is 0 Å². The molecule has 4 heteroatoms. The van der Waals surface area contributed by atoms with Gasteiger partial charge in [0.2, 0.25) is 17.5 Å². The third-order valence-corrected chi connectivity index (χ3v) is 4.87. The second-order valence-electron chi connectivity index (χ2n) is 8.46. The van der Waals surface area contributed by atoms with Crippen molar-refractivity contribution in [2.45, 2.75) is 46.5 Å². The fourth-order valence-corrected chi connectivity index (χ4v) is 3.66. The number of benzene rings is 1. The van der Waals surface area contributed by atoms with Crippen LogP contribution in [0.25, 0.3) is 11.5 Å². The molecule has 1 aliphatic rings. The molecule has 1 saturated heterocycles. The Labute approximate surface area is 150 Å². The van der Waals surface area contributed by atoms with Crippen molar-refractivity contribution in [3.63, 3.8) is 0 Å². The first-order chi connectivity index (χ1) is 11.8. The minimum absolute atomic E-state index is 0.109. The lowest BCUT2D eigenvalue weighted by Gasteiger charge is -2.34. The maximum absolute atomic E-state index is 9.49. The summed E-state index contributed by atoms with van der Waals surface area (Å²) in [6.45, 7) is 12.9. The summed E-state index contributed by atoms with van der Waals surface area (Å²) in [5.74, 6) is 2.33. The van der Waals surface area contributed by atoms with E-state index < -0.39 is 0 Å². The molecule has 0 aliphatic carbocycles. The van der Waals surface area contributed by atoms with Crippen molar-refractivity contribution in [3.8, 4) is 17.5 Å². The largest absolute Gasteiger partial charge is 0.419 e. The van der Waals surface area contributed by atoms with Gasteiger partial charge >= 0.3 is 0 Å². The van der Waals surface area contributed by atoms with Gasteiger partial charge in [0.15, 0.2) is 0 Å². The van der Waals surface area contributed by atoms with Gasteiger partial charge in [-0.2, -0.15) is 10.2 Å². The van der Waals surface area contributed by atoms with Crippen molar-refractivity contribution in [1.82, 2.24) is 4.98 Å². The molecule has 1 fully saturated rings. The zero-order valence-corrected chi connectivity index (χ0v) is 15.8. The van der Waals surface area contributed by atoms with Crippen molar-refractivity contribution < 1.29 is 4.42 Å². The molecule has 132 valence electrons. The first-order valence-electron chi connectivity index (χ1n) is 9.04. The highest BCUT2D eigenvalue weighted by Crippen LogP contribution is 2.33. The number of piperidine rings is 1. The molecule has 0 bridgehead atoms. The second-order valence-corrected chi connectivity index (χ2v) is 8.46. The number of hydrogen-bond donors (Lipinski definition) is 0. The van der Waals surface area contributed by atoms with Crippen molar-refractivity contribution in [2.75, 3.05) is 18.0 Å². The van der Waals surface area contributed by atoms with Crippen LogP contribution in [0.5, 0.6) is 0 Å². The van der Waals surface area contributed by atoms with E-state index in [1.807, 2.05) is 12.1 Å². The van der Waals surface area contributed by atoms with E-state index in [4.69, 9.17) is 4.42 Å². The SMILES string of the molecule is CC1CC(C)CN(c2oc(-c3ccc(C(C)(C)C)cc3)nc2C#N)C1. The molecule has 0 spiro atoms. The Morgan fingerprint density at radius 3 is 2.24 bits per heavy atom. The molecule has 4 nitrogen and oxygen atoms in total. The van der Waals surface area contributed by atoms with Crippen LogP contribution in [0.2, 0.25) is 0 Å². The van der Waals surface area contributed by atoms with Crippen LogP contribution in [0.3, 0.4) is 0 Å². The number of aromatic nitrogens is 1. The van der Waals surface area contributed by atoms with Gasteiger partial charge in [-0.1, -0.05) is 46.8 Å². The van der Waals surface area contributed by atoms with Crippen LogP contribution in [0, 0.1) is 23.2 Å². The number of nitrogens with zero attached hydrogens (tertiary/aromatic N) is 3. The van der Waals surface area contributed by atoms with Crippen LogP contribution in [0.4, 0.5) is 5.88 Å². The summed E-state index contributed by atoms with van der Waals surface area (Å²) >= 11 is 0. The van der Waals surface area contributed by atoms with Crippen molar-refractivity contribution in [1.29, 1.82) is 5.26 Å². The maximum atomic E-state index is 9.49. The van der Waals surface area contributed by atoms with Gasteiger partial charge in [-0.05, 0) is 41.4 Å². The lowest BCUT2D eigenvalue weighted by atomic mass is 9.87. The third kappa shape index (κ3) is 3.71. The first kappa shape index (κ1) is 17.5. The Kier molecular flexibility index (Phi) is 4.60. The van der Waals surface area contributed by atoms with E-state index in [0.29, 0.717) is 29.3 Å². The minimum Gasteiger partial charge on any atom is -0.419 e. The average molecular weight is 337 g/mol. The van der Waals surface area contributed by atoms with Gasteiger partial charge in [0.05, 0.1) is 0 Å². The average Bonchev–Trinajstić information content (AvgIpc) is 2.97. The lowest BCUT2D eigenvalue weighted by molar-refractivity contribution is 0.344. The van der Waals surface area contributed by atoms with E-state index in [2.05, 4.69) is 62.7 Å². The zero-order chi connectivity index (χ0) is 18.2. The molecule has 0 saturated carbocycles. The Hall–Kier alpha value is -2.28. The van der Waals surface area contributed by atoms with Crippen molar-refractivity contribution in [3.05, 3.63) is 35.5 Å². The molecule has 1 aromatic heterocycles. The lowest BCUT2D eigenvalue weighted by Crippen LogP contribution is -2.38. The molecule has 0 amide bonds. The number of nitriles is 1. The van der Waals surface area contributed by atoms with E-state index in [1.165, 1.54) is 12.0 Å². The van der Waals surface area contributed by atoms with Gasteiger partial charge in [0.1, 0.15) is 6.07 Å². The van der Waals surface area contributed by atoms with Gasteiger partial charge in [-0.25, -0.2) is 0 Å². The number of rotatable bonds is 2. The summed E-state index contributed by atoms with van der Waals surface area (Å²) < 4.78 is 6.05. The molecular formula is C21H27N3O. The predicted molar refractivity (Wildman–Crippen MR) is 101 cm³/mol. The van der Waals surface area contributed by atoms with Crippen LogP contribution in [-0.2, 0) is 5.41 Å². The Bertz CT molecular complexity index is 767. The van der Waals surface area contributed by atoms with Crippen LogP contribution in [0.1, 0.15) is 52.3 Å². The molecule has 2 atom stereocenters. The summed E-state index contributed by atoms with van der Waals surface area (Å²) in [6.07, 6.45) is 1.22. The molecular weight excluding hydrogens is 310 g/mol. The molecule has 1 aliphatic heterocycles. The highest BCUT2D eigenvalue weighted by Gasteiger charge is 2.27. The molecule has 0 N–H and O–H groups in total. The number of anilines is 1. The quantitative estimate of drug-likeness (QED) is 0.774. The summed E-state index contributed by atoms with van der Waals surface area (Å²) in [4.78, 5) is 6.62. The van der Waals surface area contributed by atoms with Gasteiger partial charge in [0, 0.05) is 18.7 Å². The minimum atomic E-state index is 0.109. The topological polar surface area (TPSA) is 53.1 Å². The normalized spacial score (nSPS) is 21.2. The smallest absolute Gasteiger partial charge is 0.235 e. The van der Waals surface area contributed by atoms with Crippen molar-refractivity contribution in [2.24, 2.45) is 11.8 Å². The monoisotopic (exact) mass is 337 g/mol. The van der Waals surface area contributed by atoms with Gasteiger partial charge in [-0.3, -0.25) is 0 Å². The predicted octanol–water partition coefficient (Wildman–Crippen LogP) is 4.99. The molecule has 2 unspecified atom stereocenters. The highest BCUT2D eigenvalue weighted by molar-refractivity contribution is 5.60. The highest BCUT2D eigenvalue weighted by atomic mass is 16.4. The number of hydrogen-bond acceptors (Lipinski definition) is 4. The summed E-state index contributed by atoms with van der Waals surface area (Å²) in [5, 5.41) is 9.49. The van der Waals surface area contributed by atoms with Gasteiger partial charge in [0.25, 0.3) is 0 Å². The molecule has 2 aromatic rings. The molecule has 25 heavy (non-hydrogen) atoms. The Morgan fingerprint density at radius 1 is 1.12 bits per heavy atom. The maximum Gasteiger partial charge on any atom is 0.235 e. The standard InChI is InChI=1S/C21H27N3O/c1-14-10-15(2)13-24(12-14)20-18(11-22)23-19(25-20)16-6-8-17(9-7-16)21(3,4)5/h6-9,14-15H,10,12-13H2,1-5H3. The number of oxazole rings is 1. The molecule has 3 rings (SSSR count). The molecule has 0 radical (unpaired) electrons. The van der Waals surface area contributed by atoms with E-state index in [0.717, 1.165) is 18.7 Å².